The van der Waals surface area contributed by atoms with E-state index in [-0.39, 0.29) is 0 Å². The fourth-order valence-corrected chi connectivity index (χ4v) is 11.8. The van der Waals surface area contributed by atoms with Gasteiger partial charge in [-0.2, -0.15) is 10.5 Å². The van der Waals surface area contributed by atoms with Gasteiger partial charge in [0.25, 0.3) is 0 Å². The maximum atomic E-state index is 10.2. The summed E-state index contributed by atoms with van der Waals surface area (Å²) in [5, 5.41) is 26.4. The van der Waals surface area contributed by atoms with Gasteiger partial charge in [-0.05, 0) is 132 Å². The number of rotatable bonds is 3. The van der Waals surface area contributed by atoms with E-state index >= 15 is 0 Å². The molecule has 0 radical (unpaired) electrons. The number of aromatic nitrogens is 6. The summed E-state index contributed by atoms with van der Waals surface area (Å²) in [7, 11) is 0. The highest BCUT2D eigenvalue weighted by atomic mass is 16.5. The number of nitrogens with zero attached hydrogens (tertiary/aromatic N) is 8. The Morgan fingerprint density at radius 3 is 1.45 bits per heavy atom. The number of hydrogen-bond acceptors (Lipinski definition) is 6. The van der Waals surface area contributed by atoms with Gasteiger partial charge in [0.15, 0.2) is 0 Å². The Morgan fingerprint density at radius 1 is 0.391 bits per heavy atom. The zero-order chi connectivity index (χ0) is 45.5. The van der Waals surface area contributed by atoms with Crippen molar-refractivity contribution in [2.75, 3.05) is 0 Å². The first-order valence-corrected chi connectivity index (χ1v) is 22.8. The lowest BCUT2D eigenvalue weighted by Crippen LogP contribution is -2.32. The third kappa shape index (κ3) is 4.87. The summed E-state index contributed by atoms with van der Waals surface area (Å²) in [6, 6.07) is 63.5. The van der Waals surface area contributed by atoms with Gasteiger partial charge in [-0.3, -0.25) is 15.0 Å². The van der Waals surface area contributed by atoms with Crippen molar-refractivity contribution in [3.05, 3.63) is 228 Å². The highest BCUT2D eigenvalue weighted by Gasteiger charge is 2.52. The minimum atomic E-state index is -0.874. The van der Waals surface area contributed by atoms with Crippen molar-refractivity contribution in [2.45, 2.75) is 5.41 Å². The van der Waals surface area contributed by atoms with E-state index in [1.54, 1.807) is 0 Å². The molecule has 1 spiro atoms. The average Bonchev–Trinajstić information content (AvgIpc) is 4.12. The van der Waals surface area contributed by atoms with Gasteiger partial charge in [-0.25, -0.2) is 0 Å². The van der Waals surface area contributed by atoms with E-state index in [1.807, 2.05) is 79.4 Å². The van der Waals surface area contributed by atoms with Crippen molar-refractivity contribution in [1.29, 1.82) is 10.5 Å². The molecule has 0 fully saturated rings. The van der Waals surface area contributed by atoms with E-state index in [2.05, 4.69) is 146 Å². The lowest BCUT2D eigenvalue weighted by molar-refractivity contribution is 0.436. The summed E-state index contributed by atoms with van der Waals surface area (Å²) in [4.78, 5) is 14.6. The number of benzene rings is 7. The summed E-state index contributed by atoms with van der Waals surface area (Å²) >= 11 is 0. The number of pyridine rings is 3. The van der Waals surface area contributed by atoms with E-state index in [4.69, 9.17) is 14.7 Å². The Morgan fingerprint density at radius 2 is 0.855 bits per heavy atom. The number of hydrogen-bond donors (Lipinski definition) is 0. The molecule has 13 aromatic rings. The van der Waals surface area contributed by atoms with Crippen LogP contribution in [-0.4, -0.2) is 28.7 Å². The van der Waals surface area contributed by atoms with Gasteiger partial charge < -0.3 is 18.4 Å². The molecule has 1 aliphatic heterocycles. The lowest BCUT2D eigenvalue weighted by Gasteiger charge is -2.39. The predicted molar refractivity (Wildman–Crippen MR) is 270 cm³/mol. The second kappa shape index (κ2) is 13.6. The van der Waals surface area contributed by atoms with Crippen molar-refractivity contribution in [3.63, 3.8) is 0 Å². The molecule has 9 heteroatoms. The summed E-state index contributed by atoms with van der Waals surface area (Å²) in [5.41, 5.74) is 15.0. The zero-order valence-corrected chi connectivity index (χ0v) is 36.5. The van der Waals surface area contributed by atoms with Crippen molar-refractivity contribution in [1.82, 2.24) is 28.7 Å². The van der Waals surface area contributed by atoms with Gasteiger partial charge in [0.2, 0.25) is 0 Å². The molecule has 1 aliphatic carbocycles. The Balaban J connectivity index is 0.995. The molecule has 318 valence electrons. The smallest absolute Gasteiger partial charge is 0.132 e. The first-order chi connectivity index (χ1) is 34.1. The van der Waals surface area contributed by atoms with Crippen LogP contribution in [0.1, 0.15) is 33.4 Å². The third-order valence-electron chi connectivity index (χ3n) is 14.5. The zero-order valence-electron chi connectivity index (χ0n) is 36.5. The molecule has 2 aliphatic rings. The van der Waals surface area contributed by atoms with Crippen LogP contribution < -0.4 is 4.74 Å². The number of fused-ring (bicyclic) bond motifs is 18. The summed E-state index contributed by atoms with van der Waals surface area (Å²) in [6.45, 7) is 0. The predicted octanol–water partition coefficient (Wildman–Crippen LogP) is 13.4. The van der Waals surface area contributed by atoms with Crippen LogP contribution in [0.2, 0.25) is 0 Å². The molecule has 69 heavy (non-hydrogen) atoms. The molecule has 9 nitrogen and oxygen atoms in total. The Kier molecular flexibility index (Phi) is 7.38. The minimum absolute atomic E-state index is 0.580. The monoisotopic (exact) mass is 880 g/mol. The van der Waals surface area contributed by atoms with E-state index < -0.39 is 5.41 Å². The van der Waals surface area contributed by atoms with Crippen LogP contribution in [-0.2, 0) is 5.41 Å². The fourth-order valence-electron chi connectivity index (χ4n) is 11.8. The van der Waals surface area contributed by atoms with E-state index in [1.165, 1.54) is 0 Å². The second-order valence-electron chi connectivity index (χ2n) is 17.8. The summed E-state index contributed by atoms with van der Waals surface area (Å²) in [5.74, 6) is 1.50. The molecule has 0 saturated heterocycles. The average molecular weight is 881 g/mol. The molecule has 0 atom stereocenters. The van der Waals surface area contributed by atoms with Gasteiger partial charge >= 0.3 is 0 Å². The van der Waals surface area contributed by atoms with Crippen LogP contribution in [0.5, 0.6) is 11.5 Å². The summed E-state index contributed by atoms with van der Waals surface area (Å²) in [6.07, 6.45) is 7.49. The molecule has 0 saturated carbocycles. The van der Waals surface area contributed by atoms with Crippen LogP contribution in [0.15, 0.2) is 195 Å². The van der Waals surface area contributed by atoms with E-state index in [0.29, 0.717) is 11.1 Å². The molecule has 0 N–H and O–H groups in total. The van der Waals surface area contributed by atoms with Crippen LogP contribution in [0.25, 0.3) is 93.9 Å². The standard InChI is InChI=1S/C60H32N8O/c61-32-35-13-18-52-43(27-35)41-8-2-4-12-51(41)66(52)37-15-20-54-45(29-37)44-28-36(33-62)14-19-53(44)67(54)38-16-21-56-48(30-38)60(46-9-5-24-64-58(46)59-47(60)10-6-25-65-59)49-31-39(17-22-57(49)69-56)68-50-11-3-1-7-40(50)42-23-26-63-34-55(42)68/h1-31,34H. The van der Waals surface area contributed by atoms with Crippen LogP contribution >= 0.6 is 0 Å². The molecule has 7 heterocycles. The van der Waals surface area contributed by atoms with Gasteiger partial charge in [-0.1, -0.05) is 48.5 Å². The normalized spacial score (nSPS) is 13.1. The second-order valence-corrected chi connectivity index (χ2v) is 17.8. The summed E-state index contributed by atoms with van der Waals surface area (Å²) < 4.78 is 13.9. The highest BCUT2D eigenvalue weighted by Crippen LogP contribution is 2.62. The first kappa shape index (κ1) is 37.4. The first-order valence-electron chi connectivity index (χ1n) is 22.8. The number of nitriles is 2. The third-order valence-corrected chi connectivity index (χ3v) is 14.5. The molecular formula is C60H32N8O. The number of ether oxygens (including phenoxy) is 1. The quantitative estimate of drug-likeness (QED) is 0.175. The topological polar surface area (TPSA) is 110 Å². The molecule has 0 unspecified atom stereocenters. The number of para-hydroxylation sites is 2. The Hall–Kier alpha value is -9.83. The molecule has 0 amide bonds. The lowest BCUT2D eigenvalue weighted by atomic mass is 9.66. The maximum absolute atomic E-state index is 10.2. The van der Waals surface area contributed by atoms with Crippen molar-refractivity contribution in [3.8, 4) is 52.1 Å². The van der Waals surface area contributed by atoms with Crippen molar-refractivity contribution < 1.29 is 4.74 Å². The maximum Gasteiger partial charge on any atom is 0.132 e. The Bertz CT molecular complexity index is 4420. The van der Waals surface area contributed by atoms with Gasteiger partial charge in [-0.15, -0.1) is 0 Å². The van der Waals surface area contributed by atoms with E-state index in [0.717, 1.165) is 128 Å². The minimum Gasteiger partial charge on any atom is -0.457 e. The van der Waals surface area contributed by atoms with E-state index in [9.17, 15) is 10.5 Å². The molecule has 6 aromatic heterocycles. The van der Waals surface area contributed by atoms with Gasteiger partial charge in [0.1, 0.15) is 11.5 Å². The Labute approximate surface area is 393 Å². The van der Waals surface area contributed by atoms with Crippen LogP contribution in [0.4, 0.5) is 0 Å². The van der Waals surface area contributed by atoms with Gasteiger partial charge in [0.05, 0.1) is 79.4 Å². The van der Waals surface area contributed by atoms with Crippen molar-refractivity contribution in [2.24, 2.45) is 0 Å². The SMILES string of the molecule is N#Cc1ccc2c(c1)c1ccccc1n2-c1ccc2c(c1)c1cc(C#N)ccc1n2-c1ccc2c(c1)C1(c3cc(-n4c5ccccc5c5ccncc54)ccc3O2)c2cccnc2-c2ncccc21. The van der Waals surface area contributed by atoms with Crippen LogP contribution in [0, 0.1) is 22.7 Å². The van der Waals surface area contributed by atoms with Crippen molar-refractivity contribution >= 4 is 65.4 Å². The highest BCUT2D eigenvalue weighted by molar-refractivity contribution is 6.13. The van der Waals surface area contributed by atoms with Gasteiger partial charge in [0, 0.05) is 79.1 Å². The molecule has 15 rings (SSSR count). The molecule has 0 bridgehead atoms. The molecule has 7 aromatic carbocycles. The molecular weight excluding hydrogens is 849 g/mol. The van der Waals surface area contributed by atoms with Crippen LogP contribution in [0.3, 0.4) is 0 Å². The fraction of sp³-hybridized carbons (Fsp3) is 0.0167. The largest absolute Gasteiger partial charge is 0.457 e.